The molecule has 1 aliphatic carbocycles. The molecule has 0 aliphatic heterocycles. The van der Waals surface area contributed by atoms with E-state index in [0.717, 1.165) is 28.8 Å². The van der Waals surface area contributed by atoms with Crippen molar-refractivity contribution in [1.82, 2.24) is 9.36 Å². The number of nitrogens with two attached hydrogens (primary N) is 1. The first-order chi connectivity index (χ1) is 9.67. The summed E-state index contributed by atoms with van der Waals surface area (Å²) < 4.78 is 10.5. The van der Waals surface area contributed by atoms with Gasteiger partial charge >= 0.3 is 0 Å². The summed E-state index contributed by atoms with van der Waals surface area (Å²) in [5.74, 6) is 1.71. The first-order valence-corrected chi connectivity index (χ1v) is 8.22. The lowest BCUT2D eigenvalue weighted by Gasteiger charge is -2.30. The molecule has 4 nitrogen and oxygen atoms in total. The van der Waals surface area contributed by atoms with E-state index in [-0.39, 0.29) is 6.04 Å². The molecule has 106 valence electrons. The fraction of sp³-hybridized carbons (Fsp3) is 0.429. The Morgan fingerprint density at radius 3 is 3.00 bits per heavy atom. The molecular formula is C14H17N3OS2. The molecular weight excluding hydrogens is 290 g/mol. The molecule has 0 saturated heterocycles. The second-order valence-electron chi connectivity index (χ2n) is 4.89. The quantitative estimate of drug-likeness (QED) is 0.944. The van der Waals surface area contributed by atoms with Crippen molar-refractivity contribution in [2.45, 2.75) is 35.4 Å². The second kappa shape index (κ2) is 5.71. The van der Waals surface area contributed by atoms with Crippen molar-refractivity contribution in [1.29, 1.82) is 0 Å². The molecule has 0 bridgehead atoms. The Labute approximate surface area is 126 Å². The zero-order valence-corrected chi connectivity index (χ0v) is 13.1. The molecule has 1 heterocycles. The molecule has 6 heteroatoms. The topological polar surface area (TPSA) is 61.0 Å². The zero-order chi connectivity index (χ0) is 14.1. The average Bonchev–Trinajstić information content (AvgIpc) is 2.87. The van der Waals surface area contributed by atoms with Crippen LogP contribution in [0.15, 0.2) is 22.5 Å². The van der Waals surface area contributed by atoms with Crippen molar-refractivity contribution in [3.8, 4) is 5.75 Å². The number of fused-ring (bicyclic) bond motifs is 1. The lowest BCUT2D eigenvalue weighted by Crippen LogP contribution is -2.29. The number of nitrogens with zero attached hydrogens (tertiary/aromatic N) is 2. The SMILES string of the molecule is COc1ccc2c(c1)C(N)C(Sc1nc(C)ns1)CC2. The van der Waals surface area contributed by atoms with E-state index >= 15 is 0 Å². The fourth-order valence-electron chi connectivity index (χ4n) is 2.50. The molecule has 1 aromatic carbocycles. The molecule has 2 atom stereocenters. The van der Waals surface area contributed by atoms with Gasteiger partial charge in [0.25, 0.3) is 0 Å². The van der Waals surface area contributed by atoms with Crippen LogP contribution in [0, 0.1) is 6.92 Å². The van der Waals surface area contributed by atoms with Gasteiger partial charge in [0, 0.05) is 11.3 Å². The standard InChI is InChI=1S/C14H17N3OS2/c1-8-16-14(20-17-8)19-12-6-4-9-3-5-10(18-2)7-11(9)13(12)15/h3,5,7,12-13H,4,6,15H2,1-2H3. The molecule has 0 spiro atoms. The third-order valence-electron chi connectivity index (χ3n) is 3.57. The Hall–Kier alpha value is -1.11. The molecule has 0 saturated carbocycles. The van der Waals surface area contributed by atoms with Crippen LogP contribution in [0.2, 0.25) is 0 Å². The highest BCUT2D eigenvalue weighted by Gasteiger charge is 2.28. The smallest absolute Gasteiger partial charge is 0.170 e. The van der Waals surface area contributed by atoms with Gasteiger partial charge in [-0.05, 0) is 54.6 Å². The monoisotopic (exact) mass is 307 g/mol. The molecule has 20 heavy (non-hydrogen) atoms. The van der Waals surface area contributed by atoms with Gasteiger partial charge in [-0.3, -0.25) is 0 Å². The molecule has 1 aliphatic rings. The van der Waals surface area contributed by atoms with Gasteiger partial charge < -0.3 is 10.5 Å². The molecule has 2 unspecified atom stereocenters. The van der Waals surface area contributed by atoms with Crippen molar-refractivity contribution >= 4 is 23.3 Å². The number of aryl methyl sites for hydroxylation is 2. The van der Waals surface area contributed by atoms with E-state index in [1.54, 1.807) is 18.9 Å². The average molecular weight is 307 g/mol. The predicted molar refractivity (Wildman–Crippen MR) is 82.5 cm³/mol. The summed E-state index contributed by atoms with van der Waals surface area (Å²) in [6.45, 7) is 1.92. The first-order valence-electron chi connectivity index (χ1n) is 6.56. The summed E-state index contributed by atoms with van der Waals surface area (Å²) in [5.41, 5.74) is 8.99. The number of benzene rings is 1. The summed E-state index contributed by atoms with van der Waals surface area (Å²) in [4.78, 5) is 4.42. The van der Waals surface area contributed by atoms with E-state index in [9.17, 15) is 0 Å². The van der Waals surface area contributed by atoms with E-state index in [1.807, 2.05) is 13.0 Å². The summed E-state index contributed by atoms with van der Waals surface area (Å²) in [5, 5.41) is 0.349. The zero-order valence-electron chi connectivity index (χ0n) is 11.5. The van der Waals surface area contributed by atoms with E-state index in [0.29, 0.717) is 5.25 Å². The normalized spacial score (nSPS) is 21.6. The minimum Gasteiger partial charge on any atom is -0.497 e. The minimum atomic E-state index is 0.0167. The van der Waals surface area contributed by atoms with Gasteiger partial charge in [-0.2, -0.15) is 4.37 Å². The number of hydrogen-bond acceptors (Lipinski definition) is 6. The Balaban J connectivity index is 1.82. The summed E-state index contributed by atoms with van der Waals surface area (Å²) in [7, 11) is 1.69. The highest BCUT2D eigenvalue weighted by atomic mass is 32.2. The van der Waals surface area contributed by atoms with Crippen LogP contribution in [0.3, 0.4) is 0 Å². The first kappa shape index (κ1) is 13.9. The second-order valence-corrected chi connectivity index (χ2v) is 7.13. The van der Waals surface area contributed by atoms with Crippen molar-refractivity contribution < 1.29 is 4.74 Å². The Bertz CT molecular complexity index is 614. The van der Waals surface area contributed by atoms with Gasteiger partial charge in [0.1, 0.15) is 11.6 Å². The van der Waals surface area contributed by atoms with Gasteiger partial charge in [0.2, 0.25) is 0 Å². The molecule has 0 radical (unpaired) electrons. The Morgan fingerprint density at radius 2 is 2.30 bits per heavy atom. The maximum absolute atomic E-state index is 6.45. The van der Waals surface area contributed by atoms with Crippen molar-refractivity contribution in [3.05, 3.63) is 35.2 Å². The number of methoxy groups -OCH3 is 1. The summed E-state index contributed by atoms with van der Waals surface area (Å²) in [6, 6.07) is 6.22. The molecule has 1 aromatic heterocycles. The largest absolute Gasteiger partial charge is 0.497 e. The van der Waals surface area contributed by atoms with Gasteiger partial charge in [0.05, 0.1) is 7.11 Å². The van der Waals surface area contributed by atoms with Crippen LogP contribution in [0.1, 0.15) is 29.4 Å². The van der Waals surface area contributed by atoms with E-state index in [2.05, 4.69) is 21.5 Å². The Morgan fingerprint density at radius 1 is 1.45 bits per heavy atom. The summed E-state index contributed by atoms with van der Waals surface area (Å²) >= 11 is 3.21. The highest BCUT2D eigenvalue weighted by molar-refractivity contribution is 8.01. The maximum Gasteiger partial charge on any atom is 0.170 e. The third-order valence-corrected chi connectivity index (χ3v) is 5.81. The summed E-state index contributed by atoms with van der Waals surface area (Å²) in [6.07, 6.45) is 2.13. The van der Waals surface area contributed by atoms with Crippen LogP contribution in [-0.4, -0.2) is 21.7 Å². The molecule has 0 amide bonds. The number of aromatic nitrogens is 2. The maximum atomic E-state index is 6.45. The van der Waals surface area contributed by atoms with Gasteiger partial charge in [-0.1, -0.05) is 17.8 Å². The molecule has 2 aromatic rings. The lowest BCUT2D eigenvalue weighted by atomic mass is 9.87. The number of rotatable bonds is 3. The lowest BCUT2D eigenvalue weighted by molar-refractivity contribution is 0.412. The number of thioether (sulfide) groups is 1. The van der Waals surface area contributed by atoms with Gasteiger partial charge in [-0.25, -0.2) is 4.98 Å². The van der Waals surface area contributed by atoms with Gasteiger partial charge in [-0.15, -0.1) is 0 Å². The van der Waals surface area contributed by atoms with Crippen molar-refractivity contribution in [2.75, 3.05) is 7.11 Å². The molecule has 0 fully saturated rings. The minimum absolute atomic E-state index is 0.0167. The third kappa shape index (κ3) is 2.68. The molecule has 3 rings (SSSR count). The van der Waals surface area contributed by atoms with Crippen molar-refractivity contribution in [2.24, 2.45) is 5.73 Å². The highest BCUT2D eigenvalue weighted by Crippen LogP contribution is 2.40. The van der Waals surface area contributed by atoms with Crippen LogP contribution in [0.5, 0.6) is 5.75 Å². The van der Waals surface area contributed by atoms with Crippen LogP contribution in [0.4, 0.5) is 0 Å². The number of ether oxygens (including phenoxy) is 1. The van der Waals surface area contributed by atoms with Gasteiger partial charge in [0.15, 0.2) is 4.34 Å². The van der Waals surface area contributed by atoms with E-state index in [1.165, 1.54) is 22.7 Å². The van der Waals surface area contributed by atoms with Crippen LogP contribution >= 0.6 is 23.3 Å². The Kier molecular flexibility index (Phi) is 3.96. The van der Waals surface area contributed by atoms with Crippen LogP contribution in [-0.2, 0) is 6.42 Å². The van der Waals surface area contributed by atoms with E-state index in [4.69, 9.17) is 10.5 Å². The predicted octanol–water partition coefficient (Wildman–Crippen LogP) is 2.96. The number of hydrogen-bond donors (Lipinski definition) is 1. The van der Waals surface area contributed by atoms with E-state index < -0.39 is 0 Å². The van der Waals surface area contributed by atoms with Crippen LogP contribution in [0.25, 0.3) is 0 Å². The molecule has 2 N–H and O–H groups in total. The van der Waals surface area contributed by atoms with Crippen LogP contribution < -0.4 is 10.5 Å². The fourth-order valence-corrected chi connectivity index (χ4v) is 4.55. The van der Waals surface area contributed by atoms with Crippen molar-refractivity contribution in [3.63, 3.8) is 0 Å².